The molecule has 1 aliphatic rings. The zero-order valence-electron chi connectivity index (χ0n) is 10.1. The van der Waals surface area contributed by atoms with Gasteiger partial charge < -0.3 is 9.47 Å². The molecule has 0 aliphatic carbocycles. The number of ether oxygens (including phenoxy) is 2. The van der Waals surface area contributed by atoms with Crippen molar-refractivity contribution in [2.75, 3.05) is 39.5 Å². The third-order valence-electron chi connectivity index (χ3n) is 2.64. The highest BCUT2D eigenvalue weighted by Crippen LogP contribution is 2.00. The number of hydrogen-bond donors (Lipinski definition) is 0. The first kappa shape index (κ1) is 14.9. The van der Waals surface area contributed by atoms with Crippen LogP contribution in [0, 0.1) is 0 Å². The molecular weight excluding hydrogens is 256 g/mol. The Hall–Kier alpha value is -1.17. The maximum atomic E-state index is 11.6. The van der Waals surface area contributed by atoms with Crippen LogP contribution in [0.3, 0.4) is 0 Å². The van der Waals surface area contributed by atoms with Gasteiger partial charge >= 0.3 is 5.97 Å². The average molecular weight is 273 g/mol. The SMILES string of the molecule is Cl.O=C(OCCN1CCOCC1)c1cccnc1. The van der Waals surface area contributed by atoms with Crippen LogP contribution in [-0.2, 0) is 9.47 Å². The van der Waals surface area contributed by atoms with Crippen molar-refractivity contribution in [3.63, 3.8) is 0 Å². The van der Waals surface area contributed by atoms with Crippen LogP contribution in [0.4, 0.5) is 0 Å². The fourth-order valence-corrected chi connectivity index (χ4v) is 1.66. The first-order chi connectivity index (χ1) is 8.36. The van der Waals surface area contributed by atoms with Crippen LogP contribution in [-0.4, -0.2) is 55.3 Å². The maximum Gasteiger partial charge on any atom is 0.339 e. The largest absolute Gasteiger partial charge is 0.461 e. The summed E-state index contributed by atoms with van der Waals surface area (Å²) >= 11 is 0. The lowest BCUT2D eigenvalue weighted by atomic mass is 10.3. The van der Waals surface area contributed by atoms with E-state index in [4.69, 9.17) is 9.47 Å². The van der Waals surface area contributed by atoms with E-state index < -0.39 is 0 Å². The number of morpholine rings is 1. The Morgan fingerprint density at radius 3 is 2.89 bits per heavy atom. The van der Waals surface area contributed by atoms with Crippen molar-refractivity contribution in [2.45, 2.75) is 0 Å². The van der Waals surface area contributed by atoms with Crippen LogP contribution in [0.5, 0.6) is 0 Å². The van der Waals surface area contributed by atoms with Crippen LogP contribution in [0.1, 0.15) is 10.4 Å². The van der Waals surface area contributed by atoms with E-state index in [2.05, 4.69) is 9.88 Å². The minimum absolute atomic E-state index is 0. The van der Waals surface area contributed by atoms with Gasteiger partial charge in [0.15, 0.2) is 0 Å². The molecule has 18 heavy (non-hydrogen) atoms. The van der Waals surface area contributed by atoms with Crippen molar-refractivity contribution in [3.8, 4) is 0 Å². The number of aromatic nitrogens is 1. The van der Waals surface area contributed by atoms with Crippen LogP contribution in [0.2, 0.25) is 0 Å². The number of nitrogens with zero attached hydrogens (tertiary/aromatic N) is 2. The summed E-state index contributed by atoms with van der Waals surface area (Å²) in [5.74, 6) is -0.314. The topological polar surface area (TPSA) is 51.7 Å². The molecule has 2 heterocycles. The van der Waals surface area contributed by atoms with Crippen molar-refractivity contribution >= 4 is 18.4 Å². The molecule has 0 amide bonds. The van der Waals surface area contributed by atoms with Crippen molar-refractivity contribution in [1.82, 2.24) is 9.88 Å². The van der Waals surface area contributed by atoms with Gasteiger partial charge in [-0.2, -0.15) is 0 Å². The van der Waals surface area contributed by atoms with Gasteiger partial charge in [0.1, 0.15) is 6.61 Å². The van der Waals surface area contributed by atoms with E-state index in [1.165, 1.54) is 6.20 Å². The van der Waals surface area contributed by atoms with Gasteiger partial charge in [0.2, 0.25) is 0 Å². The lowest BCUT2D eigenvalue weighted by molar-refractivity contribution is 0.0195. The van der Waals surface area contributed by atoms with Crippen LogP contribution in [0.15, 0.2) is 24.5 Å². The molecule has 0 radical (unpaired) electrons. The fourth-order valence-electron chi connectivity index (χ4n) is 1.66. The Morgan fingerprint density at radius 2 is 2.22 bits per heavy atom. The van der Waals surface area contributed by atoms with Crippen LogP contribution >= 0.6 is 12.4 Å². The third kappa shape index (κ3) is 4.60. The van der Waals surface area contributed by atoms with Gasteiger partial charge in [-0.15, -0.1) is 12.4 Å². The van der Waals surface area contributed by atoms with Gasteiger partial charge in [0, 0.05) is 32.0 Å². The predicted molar refractivity (Wildman–Crippen MR) is 69.0 cm³/mol. The molecule has 5 nitrogen and oxygen atoms in total. The second kappa shape index (κ2) is 8.02. The summed E-state index contributed by atoms with van der Waals surface area (Å²) in [6, 6.07) is 3.42. The number of pyridine rings is 1. The molecule has 100 valence electrons. The number of rotatable bonds is 4. The molecule has 0 unspecified atom stereocenters. The van der Waals surface area contributed by atoms with Crippen molar-refractivity contribution in [3.05, 3.63) is 30.1 Å². The van der Waals surface area contributed by atoms with Crippen LogP contribution < -0.4 is 0 Å². The molecule has 1 fully saturated rings. The molecule has 1 aromatic heterocycles. The minimum Gasteiger partial charge on any atom is -0.461 e. The lowest BCUT2D eigenvalue weighted by Gasteiger charge is -2.26. The van der Waals surface area contributed by atoms with E-state index in [1.807, 2.05) is 0 Å². The molecule has 0 saturated carbocycles. The molecule has 0 atom stereocenters. The Bertz CT molecular complexity index is 356. The smallest absolute Gasteiger partial charge is 0.339 e. The highest BCUT2D eigenvalue weighted by Gasteiger charge is 2.11. The molecule has 0 spiro atoms. The first-order valence-corrected chi connectivity index (χ1v) is 5.73. The van der Waals surface area contributed by atoms with E-state index in [1.54, 1.807) is 18.3 Å². The Kier molecular flexibility index (Phi) is 6.64. The Labute approximate surface area is 113 Å². The quantitative estimate of drug-likeness (QED) is 0.765. The monoisotopic (exact) mass is 272 g/mol. The summed E-state index contributed by atoms with van der Waals surface area (Å²) < 4.78 is 10.4. The van der Waals surface area contributed by atoms with Gasteiger partial charge in [-0.1, -0.05) is 0 Å². The van der Waals surface area contributed by atoms with E-state index in [0.29, 0.717) is 12.2 Å². The summed E-state index contributed by atoms with van der Waals surface area (Å²) in [4.78, 5) is 17.7. The van der Waals surface area contributed by atoms with E-state index >= 15 is 0 Å². The van der Waals surface area contributed by atoms with Crippen molar-refractivity contribution < 1.29 is 14.3 Å². The second-order valence-electron chi connectivity index (χ2n) is 3.83. The van der Waals surface area contributed by atoms with Crippen molar-refractivity contribution in [1.29, 1.82) is 0 Å². The summed E-state index contributed by atoms with van der Waals surface area (Å²) in [6.45, 7) is 4.51. The van der Waals surface area contributed by atoms with Gasteiger partial charge in [-0.25, -0.2) is 4.79 Å². The van der Waals surface area contributed by atoms with E-state index in [0.717, 1.165) is 32.8 Å². The first-order valence-electron chi connectivity index (χ1n) is 5.73. The average Bonchev–Trinajstić information content (AvgIpc) is 2.41. The highest BCUT2D eigenvalue weighted by molar-refractivity contribution is 5.88. The maximum absolute atomic E-state index is 11.6. The minimum atomic E-state index is -0.314. The third-order valence-corrected chi connectivity index (χ3v) is 2.64. The summed E-state index contributed by atoms with van der Waals surface area (Å²) in [5, 5.41) is 0. The zero-order chi connectivity index (χ0) is 11.9. The van der Waals surface area contributed by atoms with Crippen molar-refractivity contribution in [2.24, 2.45) is 0 Å². The number of carbonyl (C=O) groups is 1. The fraction of sp³-hybridized carbons (Fsp3) is 0.500. The molecule has 0 bridgehead atoms. The standard InChI is InChI=1S/C12H16N2O3.ClH/c15-12(11-2-1-3-13-10-11)17-9-6-14-4-7-16-8-5-14;/h1-3,10H,4-9H2;1H. The number of esters is 1. The number of halogens is 1. The molecule has 1 aromatic rings. The molecular formula is C12H17ClN2O3. The normalized spacial score (nSPS) is 15.8. The lowest BCUT2D eigenvalue weighted by Crippen LogP contribution is -2.38. The van der Waals surface area contributed by atoms with Gasteiger partial charge in [0.05, 0.1) is 18.8 Å². The number of hydrogen-bond acceptors (Lipinski definition) is 5. The molecule has 2 rings (SSSR count). The highest BCUT2D eigenvalue weighted by atomic mass is 35.5. The molecule has 1 aliphatic heterocycles. The van der Waals surface area contributed by atoms with Gasteiger partial charge in [-0.3, -0.25) is 9.88 Å². The Balaban J connectivity index is 0.00000162. The molecule has 6 heteroatoms. The molecule has 1 saturated heterocycles. The molecule has 0 aromatic carbocycles. The summed E-state index contributed by atoms with van der Waals surface area (Å²) in [7, 11) is 0. The number of carbonyl (C=O) groups excluding carboxylic acids is 1. The summed E-state index contributed by atoms with van der Waals surface area (Å²) in [6.07, 6.45) is 3.14. The predicted octanol–water partition coefficient (Wildman–Crippen LogP) is 0.992. The Morgan fingerprint density at radius 1 is 1.44 bits per heavy atom. The van der Waals surface area contributed by atoms with Gasteiger partial charge in [0.25, 0.3) is 0 Å². The zero-order valence-corrected chi connectivity index (χ0v) is 10.9. The summed E-state index contributed by atoms with van der Waals surface area (Å²) in [5.41, 5.74) is 0.495. The van der Waals surface area contributed by atoms with E-state index in [9.17, 15) is 4.79 Å². The van der Waals surface area contributed by atoms with Crippen LogP contribution in [0.25, 0.3) is 0 Å². The molecule has 0 N–H and O–H groups in total. The second-order valence-corrected chi connectivity index (χ2v) is 3.83. The van der Waals surface area contributed by atoms with E-state index in [-0.39, 0.29) is 18.4 Å². The van der Waals surface area contributed by atoms with Gasteiger partial charge in [-0.05, 0) is 12.1 Å².